The predicted octanol–water partition coefficient (Wildman–Crippen LogP) is 1.64. The zero-order chi connectivity index (χ0) is 12.4. The summed E-state index contributed by atoms with van der Waals surface area (Å²) in [5, 5.41) is 3.24. The molecular formula is C12H17N3O2. The molecule has 0 saturated heterocycles. The van der Waals surface area contributed by atoms with Crippen LogP contribution in [-0.2, 0) is 4.74 Å². The molecule has 0 bridgehead atoms. The number of anilines is 1. The zero-order valence-electron chi connectivity index (χ0n) is 10.4. The van der Waals surface area contributed by atoms with E-state index in [0.717, 1.165) is 24.1 Å². The minimum absolute atomic E-state index is 0.110. The Morgan fingerprint density at radius 1 is 1.59 bits per heavy atom. The summed E-state index contributed by atoms with van der Waals surface area (Å²) >= 11 is 0. The Kier molecular flexibility index (Phi) is 3.26. The van der Waals surface area contributed by atoms with Crippen molar-refractivity contribution in [1.29, 1.82) is 0 Å². The Balaban J connectivity index is 2.05. The smallest absolute Gasteiger partial charge is 0.376 e. The van der Waals surface area contributed by atoms with Crippen LogP contribution in [0.5, 0.6) is 0 Å². The number of carbonyl (C=O) groups is 1. The zero-order valence-corrected chi connectivity index (χ0v) is 10.4. The fraction of sp³-hybridized carbons (Fsp3) is 0.583. The van der Waals surface area contributed by atoms with E-state index in [2.05, 4.69) is 26.9 Å². The molecule has 0 amide bonds. The highest BCUT2D eigenvalue weighted by Gasteiger charge is 2.32. The fourth-order valence-electron chi connectivity index (χ4n) is 1.76. The molecule has 2 rings (SSSR count). The van der Waals surface area contributed by atoms with Crippen LogP contribution in [-0.4, -0.2) is 29.6 Å². The molecule has 2 unspecified atom stereocenters. The van der Waals surface area contributed by atoms with Gasteiger partial charge >= 0.3 is 5.97 Å². The van der Waals surface area contributed by atoms with Crippen molar-refractivity contribution >= 4 is 11.8 Å². The van der Waals surface area contributed by atoms with Gasteiger partial charge in [-0.1, -0.05) is 6.92 Å². The van der Waals surface area contributed by atoms with Gasteiger partial charge in [0.25, 0.3) is 0 Å². The summed E-state index contributed by atoms with van der Waals surface area (Å²) in [6.45, 7) is 4.97. The summed E-state index contributed by atoms with van der Waals surface area (Å²) in [6.07, 6.45) is 1.26. The Morgan fingerprint density at radius 2 is 2.29 bits per heavy atom. The van der Waals surface area contributed by atoms with Gasteiger partial charge in [-0.2, -0.15) is 0 Å². The minimum Gasteiger partial charge on any atom is -0.463 e. The van der Waals surface area contributed by atoms with Crippen molar-refractivity contribution in [3.63, 3.8) is 0 Å². The van der Waals surface area contributed by atoms with Crippen LogP contribution in [0.1, 0.15) is 29.7 Å². The van der Waals surface area contributed by atoms with Crippen molar-refractivity contribution in [3.8, 4) is 0 Å². The topological polar surface area (TPSA) is 64.1 Å². The first-order valence-electron chi connectivity index (χ1n) is 5.78. The highest BCUT2D eigenvalue weighted by atomic mass is 16.5. The first kappa shape index (κ1) is 11.8. The Hall–Kier alpha value is -1.65. The maximum absolute atomic E-state index is 11.3. The van der Waals surface area contributed by atoms with Crippen LogP contribution in [0.25, 0.3) is 0 Å². The number of carbonyl (C=O) groups excluding carboxylic acids is 1. The summed E-state index contributed by atoms with van der Waals surface area (Å²) in [4.78, 5) is 19.5. The molecule has 1 heterocycles. The van der Waals surface area contributed by atoms with Crippen LogP contribution in [0.15, 0.2) is 6.07 Å². The minimum atomic E-state index is -0.503. The molecular weight excluding hydrogens is 218 g/mol. The van der Waals surface area contributed by atoms with E-state index < -0.39 is 5.97 Å². The van der Waals surface area contributed by atoms with Crippen molar-refractivity contribution in [3.05, 3.63) is 17.6 Å². The lowest BCUT2D eigenvalue weighted by Crippen LogP contribution is -2.12. The third-order valence-electron chi connectivity index (χ3n) is 3.04. The van der Waals surface area contributed by atoms with E-state index in [1.807, 2.05) is 13.0 Å². The third-order valence-corrected chi connectivity index (χ3v) is 3.04. The molecule has 1 saturated carbocycles. The molecule has 1 aliphatic rings. The number of esters is 1. The van der Waals surface area contributed by atoms with Crippen LogP contribution in [0.3, 0.4) is 0 Å². The van der Waals surface area contributed by atoms with E-state index in [-0.39, 0.29) is 5.82 Å². The first-order chi connectivity index (χ1) is 8.10. The van der Waals surface area contributed by atoms with Gasteiger partial charge in [0.1, 0.15) is 5.82 Å². The molecule has 0 radical (unpaired) electrons. The van der Waals surface area contributed by atoms with Gasteiger partial charge in [-0.15, -0.1) is 0 Å². The molecule has 2 atom stereocenters. The second-order valence-electron chi connectivity index (χ2n) is 4.56. The molecule has 5 heteroatoms. The number of nitrogens with zero attached hydrogens (tertiary/aromatic N) is 2. The molecule has 0 spiro atoms. The number of ether oxygens (including phenoxy) is 1. The van der Waals surface area contributed by atoms with E-state index in [0.29, 0.717) is 5.82 Å². The van der Waals surface area contributed by atoms with Crippen LogP contribution >= 0.6 is 0 Å². The van der Waals surface area contributed by atoms with E-state index >= 15 is 0 Å². The van der Waals surface area contributed by atoms with Gasteiger partial charge < -0.3 is 10.1 Å². The molecule has 0 aromatic carbocycles. The first-order valence-corrected chi connectivity index (χ1v) is 5.78. The SMILES string of the molecule is COC(=O)c1nc(C)cc(NCC2CC2C)n1. The average Bonchev–Trinajstić information content (AvgIpc) is 3.01. The number of methoxy groups -OCH3 is 1. The average molecular weight is 235 g/mol. The Morgan fingerprint density at radius 3 is 2.88 bits per heavy atom. The monoisotopic (exact) mass is 235 g/mol. The number of rotatable bonds is 4. The van der Waals surface area contributed by atoms with Crippen LogP contribution in [0.2, 0.25) is 0 Å². The van der Waals surface area contributed by atoms with E-state index in [1.54, 1.807) is 0 Å². The lowest BCUT2D eigenvalue weighted by molar-refractivity contribution is 0.0586. The van der Waals surface area contributed by atoms with Crippen LogP contribution in [0, 0.1) is 18.8 Å². The number of aromatic nitrogens is 2. The predicted molar refractivity (Wildman–Crippen MR) is 63.9 cm³/mol. The van der Waals surface area contributed by atoms with Gasteiger partial charge in [0, 0.05) is 18.3 Å². The molecule has 5 nitrogen and oxygen atoms in total. The maximum atomic E-state index is 11.3. The van der Waals surface area contributed by atoms with Crippen molar-refractivity contribution in [2.45, 2.75) is 20.3 Å². The molecule has 1 aromatic heterocycles. The highest BCUT2D eigenvalue weighted by molar-refractivity contribution is 5.85. The highest BCUT2D eigenvalue weighted by Crippen LogP contribution is 2.37. The fourth-order valence-corrected chi connectivity index (χ4v) is 1.76. The number of aryl methyl sites for hydroxylation is 1. The third kappa shape index (κ3) is 2.93. The van der Waals surface area contributed by atoms with Gasteiger partial charge in [0.05, 0.1) is 7.11 Å². The maximum Gasteiger partial charge on any atom is 0.376 e. The normalized spacial score (nSPS) is 22.1. The summed E-state index contributed by atoms with van der Waals surface area (Å²) in [5.74, 6) is 1.82. The molecule has 0 aliphatic heterocycles. The summed E-state index contributed by atoms with van der Waals surface area (Å²) in [6, 6.07) is 1.83. The van der Waals surface area contributed by atoms with Gasteiger partial charge in [0.15, 0.2) is 0 Å². The second-order valence-corrected chi connectivity index (χ2v) is 4.56. The second kappa shape index (κ2) is 4.69. The number of hydrogen-bond acceptors (Lipinski definition) is 5. The summed E-state index contributed by atoms with van der Waals surface area (Å²) in [5.41, 5.74) is 0.756. The molecule has 1 fully saturated rings. The lowest BCUT2D eigenvalue weighted by Gasteiger charge is -2.07. The molecule has 1 N–H and O–H groups in total. The van der Waals surface area contributed by atoms with Gasteiger partial charge in [-0.3, -0.25) is 0 Å². The lowest BCUT2D eigenvalue weighted by atomic mass is 10.3. The summed E-state index contributed by atoms with van der Waals surface area (Å²) in [7, 11) is 1.33. The molecule has 17 heavy (non-hydrogen) atoms. The van der Waals surface area contributed by atoms with Crippen LogP contribution < -0.4 is 5.32 Å². The molecule has 1 aliphatic carbocycles. The quantitative estimate of drug-likeness (QED) is 0.804. The van der Waals surface area contributed by atoms with E-state index in [1.165, 1.54) is 13.5 Å². The van der Waals surface area contributed by atoms with Crippen molar-refractivity contribution in [2.75, 3.05) is 19.0 Å². The van der Waals surface area contributed by atoms with Crippen molar-refractivity contribution < 1.29 is 9.53 Å². The number of hydrogen-bond donors (Lipinski definition) is 1. The Labute approximate surface area is 101 Å². The van der Waals surface area contributed by atoms with Crippen molar-refractivity contribution in [2.24, 2.45) is 11.8 Å². The van der Waals surface area contributed by atoms with E-state index in [9.17, 15) is 4.79 Å². The molecule has 92 valence electrons. The van der Waals surface area contributed by atoms with Crippen molar-refractivity contribution in [1.82, 2.24) is 9.97 Å². The van der Waals surface area contributed by atoms with Gasteiger partial charge in [-0.05, 0) is 25.2 Å². The molecule has 1 aromatic rings. The summed E-state index contributed by atoms with van der Waals surface area (Å²) < 4.78 is 4.61. The standard InChI is InChI=1S/C12H17N3O2/c1-7-4-9(7)6-13-10-5-8(2)14-11(15-10)12(16)17-3/h5,7,9H,4,6H2,1-3H3,(H,13,14,15). The number of nitrogens with one attached hydrogen (secondary N) is 1. The van der Waals surface area contributed by atoms with Gasteiger partial charge in [-0.25, -0.2) is 14.8 Å². The van der Waals surface area contributed by atoms with Crippen LogP contribution in [0.4, 0.5) is 5.82 Å². The van der Waals surface area contributed by atoms with Gasteiger partial charge in [0.2, 0.25) is 5.82 Å². The largest absolute Gasteiger partial charge is 0.463 e. The van der Waals surface area contributed by atoms with E-state index in [4.69, 9.17) is 0 Å². The Bertz CT molecular complexity index is 434.